The number of nitrogens with zero attached hydrogens (tertiary/aromatic N) is 3. The van der Waals surface area contributed by atoms with E-state index in [1.54, 1.807) is 0 Å². The summed E-state index contributed by atoms with van der Waals surface area (Å²) in [5.41, 5.74) is 3.68. The molecule has 0 saturated carbocycles. The molecule has 1 aromatic carbocycles. The highest BCUT2D eigenvalue weighted by atomic mass is 15.3. The third kappa shape index (κ3) is 3.03. The fourth-order valence-corrected chi connectivity index (χ4v) is 2.41. The van der Waals surface area contributed by atoms with Crippen LogP contribution in [0.5, 0.6) is 0 Å². The Balaban J connectivity index is 1.70. The van der Waals surface area contributed by atoms with Crippen LogP contribution in [-0.4, -0.2) is 40.9 Å². The topological polar surface area (TPSA) is 33.1 Å². The van der Waals surface area contributed by atoms with E-state index in [0.717, 1.165) is 38.4 Å². The first kappa shape index (κ1) is 12.4. The van der Waals surface area contributed by atoms with Gasteiger partial charge in [0.1, 0.15) is 0 Å². The summed E-state index contributed by atoms with van der Waals surface area (Å²) in [6.45, 7) is 7.51. The molecule has 0 amide bonds. The first-order chi connectivity index (χ1) is 9.31. The van der Waals surface area contributed by atoms with Crippen LogP contribution in [0.25, 0.3) is 5.69 Å². The Bertz CT molecular complexity index is 523. The van der Waals surface area contributed by atoms with E-state index in [1.165, 1.54) is 11.1 Å². The molecule has 1 fully saturated rings. The van der Waals surface area contributed by atoms with E-state index in [-0.39, 0.29) is 0 Å². The molecule has 2 heterocycles. The van der Waals surface area contributed by atoms with Crippen molar-refractivity contribution in [1.29, 1.82) is 0 Å². The highest BCUT2D eigenvalue weighted by Crippen LogP contribution is 2.11. The maximum atomic E-state index is 4.46. The Hall–Kier alpha value is -1.65. The molecule has 0 spiro atoms. The summed E-state index contributed by atoms with van der Waals surface area (Å²) < 4.78 is 1.96. The van der Waals surface area contributed by atoms with Crippen molar-refractivity contribution < 1.29 is 0 Å². The second-order valence-electron chi connectivity index (χ2n) is 5.15. The normalized spacial score (nSPS) is 16.7. The smallest absolute Gasteiger partial charge is 0.0645 e. The van der Waals surface area contributed by atoms with Crippen LogP contribution < -0.4 is 5.32 Å². The van der Waals surface area contributed by atoms with Crippen LogP contribution in [0.3, 0.4) is 0 Å². The van der Waals surface area contributed by atoms with Crippen LogP contribution in [-0.2, 0) is 6.54 Å². The van der Waals surface area contributed by atoms with E-state index in [9.17, 15) is 0 Å². The summed E-state index contributed by atoms with van der Waals surface area (Å²) >= 11 is 0. The highest BCUT2D eigenvalue weighted by molar-refractivity contribution is 5.33. The Labute approximate surface area is 114 Å². The molecule has 1 aromatic heterocycles. The summed E-state index contributed by atoms with van der Waals surface area (Å²) in [4.78, 5) is 2.47. The summed E-state index contributed by atoms with van der Waals surface area (Å²) in [5.74, 6) is 0. The fourth-order valence-electron chi connectivity index (χ4n) is 2.41. The predicted molar refractivity (Wildman–Crippen MR) is 76.4 cm³/mol. The van der Waals surface area contributed by atoms with Crippen LogP contribution in [0.4, 0.5) is 0 Å². The number of piperazine rings is 1. The molecule has 0 bridgehead atoms. The Morgan fingerprint density at radius 2 is 1.89 bits per heavy atom. The van der Waals surface area contributed by atoms with Gasteiger partial charge in [-0.25, -0.2) is 4.68 Å². The lowest BCUT2D eigenvalue weighted by Gasteiger charge is -2.26. The Morgan fingerprint density at radius 1 is 1.16 bits per heavy atom. The Morgan fingerprint density at radius 3 is 2.63 bits per heavy atom. The molecule has 2 aromatic rings. The third-order valence-corrected chi connectivity index (χ3v) is 3.55. The van der Waals surface area contributed by atoms with Crippen molar-refractivity contribution in [3.63, 3.8) is 0 Å². The lowest BCUT2D eigenvalue weighted by Crippen LogP contribution is -2.42. The fraction of sp³-hybridized carbons (Fsp3) is 0.400. The van der Waals surface area contributed by atoms with Crippen molar-refractivity contribution in [2.24, 2.45) is 0 Å². The SMILES string of the molecule is Cc1ccc(-n2cc(CN3CCNCC3)cn2)cc1. The van der Waals surface area contributed by atoms with Crippen molar-refractivity contribution in [3.8, 4) is 5.69 Å². The second-order valence-corrected chi connectivity index (χ2v) is 5.15. The molecule has 3 rings (SSSR count). The standard InChI is InChI=1S/C15H20N4/c1-13-2-4-15(5-3-13)19-12-14(10-17-19)11-18-8-6-16-7-9-18/h2-5,10,12,16H,6-9,11H2,1H3. The lowest BCUT2D eigenvalue weighted by atomic mass is 10.2. The van der Waals surface area contributed by atoms with Crippen molar-refractivity contribution in [1.82, 2.24) is 20.0 Å². The van der Waals surface area contributed by atoms with Gasteiger partial charge in [0, 0.05) is 44.5 Å². The third-order valence-electron chi connectivity index (χ3n) is 3.55. The number of benzene rings is 1. The van der Waals surface area contributed by atoms with Crippen molar-refractivity contribution in [2.45, 2.75) is 13.5 Å². The van der Waals surface area contributed by atoms with Crippen LogP contribution in [0.15, 0.2) is 36.7 Å². The molecule has 1 aliphatic rings. The van der Waals surface area contributed by atoms with Gasteiger partial charge < -0.3 is 5.32 Å². The maximum Gasteiger partial charge on any atom is 0.0645 e. The number of aromatic nitrogens is 2. The van der Waals surface area contributed by atoms with Gasteiger partial charge >= 0.3 is 0 Å². The zero-order chi connectivity index (χ0) is 13.1. The number of nitrogens with one attached hydrogen (secondary N) is 1. The molecule has 4 nitrogen and oxygen atoms in total. The van der Waals surface area contributed by atoms with E-state index < -0.39 is 0 Å². The van der Waals surface area contributed by atoms with E-state index in [0.29, 0.717) is 0 Å². The molecular formula is C15H20N4. The number of rotatable bonds is 3. The van der Waals surface area contributed by atoms with Gasteiger partial charge in [-0.1, -0.05) is 17.7 Å². The minimum absolute atomic E-state index is 0.994. The lowest BCUT2D eigenvalue weighted by molar-refractivity contribution is 0.233. The first-order valence-electron chi connectivity index (χ1n) is 6.85. The maximum absolute atomic E-state index is 4.46. The average molecular weight is 256 g/mol. The van der Waals surface area contributed by atoms with Gasteiger partial charge in [-0.05, 0) is 19.1 Å². The molecule has 1 N–H and O–H groups in total. The molecule has 0 radical (unpaired) electrons. The van der Waals surface area contributed by atoms with Gasteiger partial charge in [-0.3, -0.25) is 4.90 Å². The van der Waals surface area contributed by atoms with E-state index in [2.05, 4.69) is 52.7 Å². The van der Waals surface area contributed by atoms with Gasteiger partial charge in [0.25, 0.3) is 0 Å². The monoisotopic (exact) mass is 256 g/mol. The number of hydrogen-bond acceptors (Lipinski definition) is 3. The number of aryl methyl sites for hydroxylation is 1. The van der Waals surface area contributed by atoms with Gasteiger partial charge in [0.2, 0.25) is 0 Å². The molecule has 1 aliphatic heterocycles. The van der Waals surface area contributed by atoms with Gasteiger partial charge in [0.05, 0.1) is 11.9 Å². The quantitative estimate of drug-likeness (QED) is 0.905. The summed E-state index contributed by atoms with van der Waals surface area (Å²) in [6, 6.07) is 8.45. The van der Waals surface area contributed by atoms with Crippen molar-refractivity contribution in [3.05, 3.63) is 47.8 Å². The van der Waals surface area contributed by atoms with Gasteiger partial charge in [-0.15, -0.1) is 0 Å². The summed E-state index contributed by atoms with van der Waals surface area (Å²) in [6.07, 6.45) is 4.11. The van der Waals surface area contributed by atoms with Gasteiger partial charge in [-0.2, -0.15) is 5.10 Å². The molecule has 0 unspecified atom stereocenters. The van der Waals surface area contributed by atoms with E-state index >= 15 is 0 Å². The van der Waals surface area contributed by atoms with Crippen LogP contribution in [0.2, 0.25) is 0 Å². The first-order valence-corrected chi connectivity index (χ1v) is 6.85. The van der Waals surface area contributed by atoms with Crippen LogP contribution >= 0.6 is 0 Å². The predicted octanol–water partition coefficient (Wildman–Crippen LogP) is 1.59. The average Bonchev–Trinajstić information content (AvgIpc) is 2.89. The molecule has 0 atom stereocenters. The molecule has 4 heteroatoms. The summed E-state index contributed by atoms with van der Waals surface area (Å²) in [7, 11) is 0. The molecule has 100 valence electrons. The van der Waals surface area contributed by atoms with Gasteiger partial charge in [0.15, 0.2) is 0 Å². The minimum atomic E-state index is 0.994. The largest absolute Gasteiger partial charge is 0.314 e. The van der Waals surface area contributed by atoms with Crippen LogP contribution in [0.1, 0.15) is 11.1 Å². The molecule has 1 saturated heterocycles. The molecule has 0 aliphatic carbocycles. The van der Waals surface area contributed by atoms with E-state index in [4.69, 9.17) is 0 Å². The zero-order valence-corrected chi connectivity index (χ0v) is 11.3. The highest BCUT2D eigenvalue weighted by Gasteiger charge is 2.11. The minimum Gasteiger partial charge on any atom is -0.314 e. The van der Waals surface area contributed by atoms with Crippen LogP contribution in [0, 0.1) is 6.92 Å². The van der Waals surface area contributed by atoms with Crippen molar-refractivity contribution in [2.75, 3.05) is 26.2 Å². The van der Waals surface area contributed by atoms with Crippen molar-refractivity contribution >= 4 is 0 Å². The molecular weight excluding hydrogens is 236 g/mol. The summed E-state index contributed by atoms with van der Waals surface area (Å²) in [5, 5.41) is 7.83. The Kier molecular flexibility index (Phi) is 3.62. The van der Waals surface area contributed by atoms with E-state index in [1.807, 2.05) is 10.9 Å². The zero-order valence-electron chi connectivity index (χ0n) is 11.3. The second kappa shape index (κ2) is 5.55. The number of hydrogen-bond donors (Lipinski definition) is 1. The molecule has 19 heavy (non-hydrogen) atoms.